The summed E-state index contributed by atoms with van der Waals surface area (Å²) in [5, 5.41) is 1.88. The molecule has 0 amide bonds. The normalized spacial score (nSPS) is 12.5. The summed E-state index contributed by atoms with van der Waals surface area (Å²) in [6, 6.07) is 19.2. The molecule has 0 aliphatic rings. The van der Waals surface area contributed by atoms with Crippen molar-refractivity contribution in [3.63, 3.8) is 0 Å². The fraction of sp³-hybridized carbons (Fsp3) is 0. The van der Waals surface area contributed by atoms with Crippen molar-refractivity contribution in [3.05, 3.63) is 72.8 Å². The average molecular weight is 414 g/mol. The first-order chi connectivity index (χ1) is 13.2. The van der Waals surface area contributed by atoms with Gasteiger partial charge in [0.25, 0.3) is 20.2 Å². The van der Waals surface area contributed by atoms with Gasteiger partial charge in [-0.2, -0.15) is 16.8 Å². The SMILES string of the molecule is O=S(=O)(O)c1cccc2c(-c3cccc4c(S(=O)(=O)O)cccc34)cccc12. The Bertz CT molecular complexity index is 1340. The molecule has 6 nitrogen and oxygen atoms in total. The zero-order valence-corrected chi connectivity index (χ0v) is 15.9. The molecule has 0 atom stereocenters. The molecule has 0 aromatic heterocycles. The van der Waals surface area contributed by atoms with Crippen molar-refractivity contribution < 1.29 is 25.9 Å². The fourth-order valence-electron chi connectivity index (χ4n) is 3.48. The number of hydrogen-bond donors (Lipinski definition) is 2. The average Bonchev–Trinajstić information content (AvgIpc) is 2.64. The van der Waals surface area contributed by atoms with Crippen molar-refractivity contribution in [2.24, 2.45) is 0 Å². The summed E-state index contributed by atoms with van der Waals surface area (Å²) < 4.78 is 65.9. The van der Waals surface area contributed by atoms with Gasteiger partial charge >= 0.3 is 0 Å². The summed E-state index contributed by atoms with van der Waals surface area (Å²) >= 11 is 0. The van der Waals surface area contributed by atoms with Crippen LogP contribution in [0.15, 0.2) is 82.6 Å². The predicted molar refractivity (Wildman–Crippen MR) is 107 cm³/mol. The molecule has 0 radical (unpaired) electrons. The Hall–Kier alpha value is -2.78. The van der Waals surface area contributed by atoms with Gasteiger partial charge in [-0.05, 0) is 34.0 Å². The first-order valence-electron chi connectivity index (χ1n) is 8.17. The van der Waals surface area contributed by atoms with Crippen LogP contribution in [0.4, 0.5) is 0 Å². The molecule has 8 heteroatoms. The summed E-state index contributed by atoms with van der Waals surface area (Å²) in [5.74, 6) is 0. The highest BCUT2D eigenvalue weighted by atomic mass is 32.2. The van der Waals surface area contributed by atoms with Crippen molar-refractivity contribution in [2.45, 2.75) is 9.79 Å². The highest BCUT2D eigenvalue weighted by molar-refractivity contribution is 7.86. The van der Waals surface area contributed by atoms with E-state index >= 15 is 0 Å². The molecule has 4 rings (SSSR count). The maximum absolute atomic E-state index is 11.7. The van der Waals surface area contributed by atoms with Crippen LogP contribution in [0.3, 0.4) is 0 Å². The van der Waals surface area contributed by atoms with E-state index in [1.54, 1.807) is 48.5 Å². The first kappa shape index (κ1) is 18.6. The van der Waals surface area contributed by atoms with Gasteiger partial charge in [0.2, 0.25) is 0 Å². The standard InChI is InChI=1S/C20H14O6S2/c21-27(22,23)19-11-3-7-15-13(5-1-9-17(15)19)14-6-2-10-18-16(14)8-4-12-20(18)28(24,25)26/h1-12H,(H,21,22,23)(H,24,25,26). The van der Waals surface area contributed by atoms with E-state index < -0.39 is 20.2 Å². The van der Waals surface area contributed by atoms with Gasteiger partial charge in [0.15, 0.2) is 0 Å². The number of hydrogen-bond acceptors (Lipinski definition) is 4. The van der Waals surface area contributed by atoms with E-state index in [1.165, 1.54) is 24.3 Å². The Balaban J connectivity index is 2.12. The van der Waals surface area contributed by atoms with E-state index in [9.17, 15) is 25.9 Å². The Morgan fingerprint density at radius 2 is 0.786 bits per heavy atom. The molecular formula is C20H14O6S2. The monoisotopic (exact) mass is 414 g/mol. The van der Waals surface area contributed by atoms with Crippen LogP contribution in [0.2, 0.25) is 0 Å². The molecule has 0 heterocycles. The quantitative estimate of drug-likeness (QED) is 0.488. The summed E-state index contributed by atoms with van der Waals surface area (Å²) in [7, 11) is -8.82. The molecule has 0 aliphatic carbocycles. The minimum absolute atomic E-state index is 0.203. The number of fused-ring (bicyclic) bond motifs is 2. The minimum Gasteiger partial charge on any atom is -0.282 e. The summed E-state index contributed by atoms with van der Waals surface area (Å²) in [4.78, 5) is -0.406. The first-order valence-corrected chi connectivity index (χ1v) is 11.0. The van der Waals surface area contributed by atoms with Crippen molar-refractivity contribution >= 4 is 41.8 Å². The topological polar surface area (TPSA) is 109 Å². The lowest BCUT2D eigenvalue weighted by Crippen LogP contribution is -2.00. The molecule has 0 saturated heterocycles. The molecule has 142 valence electrons. The van der Waals surface area contributed by atoms with Gasteiger partial charge in [-0.1, -0.05) is 60.7 Å². The van der Waals surface area contributed by atoms with Crippen LogP contribution in [0.1, 0.15) is 0 Å². The highest BCUT2D eigenvalue weighted by Gasteiger charge is 2.18. The van der Waals surface area contributed by atoms with Crippen LogP contribution in [-0.4, -0.2) is 25.9 Å². The molecule has 2 N–H and O–H groups in total. The van der Waals surface area contributed by atoms with Gasteiger partial charge in [0, 0.05) is 10.8 Å². The molecule has 0 aliphatic heterocycles. The molecule has 0 unspecified atom stereocenters. The predicted octanol–water partition coefficient (Wildman–Crippen LogP) is 4.15. The van der Waals surface area contributed by atoms with Crippen LogP contribution >= 0.6 is 0 Å². The fourth-order valence-corrected chi connectivity index (χ4v) is 4.89. The van der Waals surface area contributed by atoms with Crippen molar-refractivity contribution in [1.82, 2.24) is 0 Å². The van der Waals surface area contributed by atoms with E-state index in [2.05, 4.69) is 0 Å². The van der Waals surface area contributed by atoms with Crippen LogP contribution in [-0.2, 0) is 20.2 Å². The maximum Gasteiger partial charge on any atom is 0.295 e. The van der Waals surface area contributed by atoms with Crippen LogP contribution in [0, 0.1) is 0 Å². The molecule has 4 aromatic carbocycles. The Morgan fingerprint density at radius 1 is 0.464 bits per heavy atom. The zero-order chi connectivity index (χ0) is 20.1. The molecule has 28 heavy (non-hydrogen) atoms. The largest absolute Gasteiger partial charge is 0.295 e. The third kappa shape index (κ3) is 3.06. The van der Waals surface area contributed by atoms with Crippen molar-refractivity contribution in [2.75, 3.05) is 0 Å². The highest BCUT2D eigenvalue weighted by Crippen LogP contribution is 2.37. The van der Waals surface area contributed by atoms with E-state index in [1.807, 2.05) is 0 Å². The molecular weight excluding hydrogens is 400 g/mol. The van der Waals surface area contributed by atoms with E-state index in [0.717, 1.165) is 0 Å². The minimum atomic E-state index is -4.41. The van der Waals surface area contributed by atoms with Crippen LogP contribution in [0.5, 0.6) is 0 Å². The Kier molecular flexibility index (Phi) is 4.24. The molecule has 0 fully saturated rings. The van der Waals surface area contributed by atoms with Crippen LogP contribution in [0.25, 0.3) is 32.7 Å². The van der Waals surface area contributed by atoms with Gasteiger partial charge in [-0.15, -0.1) is 0 Å². The van der Waals surface area contributed by atoms with Gasteiger partial charge < -0.3 is 0 Å². The number of benzene rings is 4. The van der Waals surface area contributed by atoms with Gasteiger partial charge in [-0.3, -0.25) is 9.11 Å². The van der Waals surface area contributed by atoms with Crippen molar-refractivity contribution in [1.29, 1.82) is 0 Å². The summed E-state index contributed by atoms with van der Waals surface area (Å²) in [6.45, 7) is 0. The van der Waals surface area contributed by atoms with Gasteiger partial charge in [-0.25, -0.2) is 0 Å². The number of rotatable bonds is 3. The maximum atomic E-state index is 11.7. The lowest BCUT2D eigenvalue weighted by atomic mass is 9.94. The van der Waals surface area contributed by atoms with Gasteiger partial charge in [0.05, 0.1) is 0 Å². The molecule has 0 saturated carbocycles. The van der Waals surface area contributed by atoms with E-state index in [0.29, 0.717) is 32.7 Å². The van der Waals surface area contributed by atoms with E-state index in [4.69, 9.17) is 0 Å². The van der Waals surface area contributed by atoms with E-state index in [-0.39, 0.29) is 9.79 Å². The second-order valence-corrected chi connectivity index (χ2v) is 9.04. The third-order valence-corrected chi connectivity index (χ3v) is 6.43. The molecule has 0 bridgehead atoms. The van der Waals surface area contributed by atoms with Crippen LogP contribution < -0.4 is 0 Å². The molecule has 0 spiro atoms. The molecule has 4 aromatic rings. The Morgan fingerprint density at radius 3 is 1.14 bits per heavy atom. The summed E-state index contributed by atoms with van der Waals surface area (Å²) in [6.07, 6.45) is 0. The Labute approximate surface area is 161 Å². The zero-order valence-electron chi connectivity index (χ0n) is 14.3. The van der Waals surface area contributed by atoms with Gasteiger partial charge in [0.1, 0.15) is 9.79 Å². The second kappa shape index (κ2) is 6.39. The lowest BCUT2D eigenvalue weighted by Gasteiger charge is -2.13. The second-order valence-electron chi connectivity index (χ2n) is 6.26. The third-order valence-electron chi connectivity index (χ3n) is 4.61. The smallest absolute Gasteiger partial charge is 0.282 e. The summed E-state index contributed by atoms with van der Waals surface area (Å²) in [5.41, 5.74) is 1.34. The lowest BCUT2D eigenvalue weighted by molar-refractivity contribution is 0.482. The van der Waals surface area contributed by atoms with Crippen molar-refractivity contribution in [3.8, 4) is 11.1 Å².